The summed E-state index contributed by atoms with van der Waals surface area (Å²) in [4.78, 5) is 26.8. The van der Waals surface area contributed by atoms with Crippen molar-refractivity contribution in [2.45, 2.75) is 25.3 Å². The molecule has 1 atom stereocenters. The Labute approximate surface area is 166 Å². The minimum atomic E-state index is -0.516. The molecule has 0 aliphatic carbocycles. The molecule has 0 saturated carbocycles. The lowest BCUT2D eigenvalue weighted by Crippen LogP contribution is -2.46. The van der Waals surface area contributed by atoms with E-state index in [1.807, 2.05) is 11.0 Å². The van der Waals surface area contributed by atoms with Crippen molar-refractivity contribution in [3.8, 4) is 0 Å². The number of rotatable bonds is 7. The largest absolute Gasteiger partial charge is 0.345 e. The molecular weight excluding hydrogens is 354 g/mol. The van der Waals surface area contributed by atoms with Gasteiger partial charge in [-0.3, -0.25) is 14.3 Å². The predicted molar refractivity (Wildman–Crippen MR) is 107 cm³/mol. The van der Waals surface area contributed by atoms with Gasteiger partial charge in [0.15, 0.2) is 0 Å². The fourth-order valence-corrected chi connectivity index (χ4v) is 3.75. The van der Waals surface area contributed by atoms with Crippen molar-refractivity contribution in [1.29, 1.82) is 0 Å². The minimum absolute atomic E-state index is 0.0208. The maximum Gasteiger partial charge on any atom is 0.242 e. The number of hydrogen-bond donors (Lipinski definition) is 2. The summed E-state index contributed by atoms with van der Waals surface area (Å²) in [6.45, 7) is 1.54. The van der Waals surface area contributed by atoms with Crippen molar-refractivity contribution in [3.63, 3.8) is 0 Å². The minimum Gasteiger partial charge on any atom is -0.345 e. The third-order valence-corrected chi connectivity index (χ3v) is 5.36. The summed E-state index contributed by atoms with van der Waals surface area (Å²) < 4.78 is 1.65. The Morgan fingerprint density at radius 2 is 1.93 bits per heavy atom. The number of carbonyl (C=O) groups excluding carboxylic acids is 2. The highest BCUT2D eigenvalue weighted by Crippen LogP contribution is 2.21. The quantitative estimate of drug-likeness (QED) is 0.755. The van der Waals surface area contributed by atoms with Crippen LogP contribution in [0.5, 0.6) is 0 Å². The zero-order chi connectivity index (χ0) is 19.9. The SMILES string of the molecule is CNC(C(=O)NCC(=O)N1CCC(Cc2ccccc2)CC1)c1cnn(C)c1. The molecule has 1 aliphatic heterocycles. The number of likely N-dealkylation sites (N-methyl/N-ethyl adjacent to an activating group) is 1. The first-order chi connectivity index (χ1) is 13.6. The molecule has 150 valence electrons. The van der Waals surface area contributed by atoms with E-state index in [0.717, 1.165) is 37.9 Å². The zero-order valence-electron chi connectivity index (χ0n) is 16.6. The summed E-state index contributed by atoms with van der Waals surface area (Å²) in [6.07, 6.45) is 6.52. The van der Waals surface area contributed by atoms with E-state index in [0.29, 0.717) is 5.92 Å². The highest BCUT2D eigenvalue weighted by atomic mass is 16.2. The summed E-state index contributed by atoms with van der Waals surface area (Å²) in [5.41, 5.74) is 2.13. The molecule has 1 fully saturated rings. The molecule has 0 radical (unpaired) electrons. The molecule has 1 aliphatic rings. The molecule has 2 N–H and O–H groups in total. The highest BCUT2D eigenvalue weighted by molar-refractivity contribution is 5.88. The normalized spacial score (nSPS) is 16.0. The summed E-state index contributed by atoms with van der Waals surface area (Å²) in [5.74, 6) is 0.371. The molecule has 0 spiro atoms. The molecule has 2 aromatic rings. The van der Waals surface area contributed by atoms with Gasteiger partial charge in [0.25, 0.3) is 0 Å². The molecule has 1 aromatic heterocycles. The lowest BCUT2D eigenvalue weighted by molar-refractivity contribution is -0.134. The van der Waals surface area contributed by atoms with Gasteiger partial charge in [0.1, 0.15) is 6.04 Å². The van der Waals surface area contributed by atoms with Crippen LogP contribution >= 0.6 is 0 Å². The van der Waals surface area contributed by atoms with Crippen LogP contribution in [0.2, 0.25) is 0 Å². The molecule has 1 saturated heterocycles. The Morgan fingerprint density at radius 1 is 1.21 bits per heavy atom. The molecule has 1 unspecified atom stereocenters. The third-order valence-electron chi connectivity index (χ3n) is 5.36. The van der Waals surface area contributed by atoms with E-state index >= 15 is 0 Å². The lowest BCUT2D eigenvalue weighted by Gasteiger charge is -2.32. The number of aromatic nitrogens is 2. The van der Waals surface area contributed by atoms with Crippen LogP contribution in [-0.2, 0) is 23.1 Å². The monoisotopic (exact) mass is 383 g/mol. The first-order valence-electron chi connectivity index (χ1n) is 9.82. The Bertz CT molecular complexity index is 781. The van der Waals surface area contributed by atoms with Crippen molar-refractivity contribution >= 4 is 11.8 Å². The van der Waals surface area contributed by atoms with Gasteiger partial charge >= 0.3 is 0 Å². The van der Waals surface area contributed by atoms with E-state index in [1.54, 1.807) is 31.2 Å². The van der Waals surface area contributed by atoms with E-state index in [9.17, 15) is 9.59 Å². The van der Waals surface area contributed by atoms with Gasteiger partial charge in [-0.1, -0.05) is 30.3 Å². The van der Waals surface area contributed by atoms with Crippen molar-refractivity contribution in [2.24, 2.45) is 13.0 Å². The van der Waals surface area contributed by atoms with Gasteiger partial charge < -0.3 is 15.5 Å². The molecule has 0 bridgehead atoms. The van der Waals surface area contributed by atoms with Gasteiger partial charge in [-0.15, -0.1) is 0 Å². The number of likely N-dealkylation sites (tertiary alicyclic amines) is 1. The lowest BCUT2D eigenvalue weighted by atomic mass is 9.90. The van der Waals surface area contributed by atoms with Crippen LogP contribution in [0, 0.1) is 5.92 Å². The highest BCUT2D eigenvalue weighted by Gasteiger charge is 2.25. The molecule has 28 heavy (non-hydrogen) atoms. The summed E-state index contributed by atoms with van der Waals surface area (Å²) >= 11 is 0. The van der Waals surface area contributed by atoms with E-state index < -0.39 is 6.04 Å². The van der Waals surface area contributed by atoms with Gasteiger partial charge in [0, 0.05) is 31.9 Å². The first kappa shape index (κ1) is 20.1. The van der Waals surface area contributed by atoms with Gasteiger partial charge in [-0.2, -0.15) is 5.10 Å². The second-order valence-electron chi connectivity index (χ2n) is 7.40. The number of nitrogens with one attached hydrogen (secondary N) is 2. The van der Waals surface area contributed by atoms with Gasteiger partial charge in [-0.05, 0) is 37.8 Å². The number of aryl methyl sites for hydroxylation is 1. The van der Waals surface area contributed by atoms with Gasteiger partial charge in [0.2, 0.25) is 11.8 Å². The molecule has 7 nitrogen and oxygen atoms in total. The van der Waals surface area contributed by atoms with Gasteiger partial charge in [0.05, 0.1) is 12.7 Å². The van der Waals surface area contributed by atoms with E-state index in [-0.39, 0.29) is 18.4 Å². The van der Waals surface area contributed by atoms with Crippen molar-refractivity contribution in [3.05, 3.63) is 53.9 Å². The van der Waals surface area contributed by atoms with Crippen LogP contribution in [0.25, 0.3) is 0 Å². The van der Waals surface area contributed by atoms with Crippen LogP contribution in [0.3, 0.4) is 0 Å². The third kappa shape index (κ3) is 5.19. The average molecular weight is 383 g/mol. The Kier molecular flexibility index (Phi) is 6.81. The van der Waals surface area contributed by atoms with Crippen molar-refractivity contribution < 1.29 is 9.59 Å². The number of amides is 2. The van der Waals surface area contributed by atoms with E-state index in [1.165, 1.54) is 5.56 Å². The van der Waals surface area contributed by atoms with Crippen LogP contribution in [-0.4, -0.2) is 53.2 Å². The Morgan fingerprint density at radius 3 is 2.54 bits per heavy atom. The first-order valence-corrected chi connectivity index (χ1v) is 9.82. The maximum atomic E-state index is 12.5. The van der Waals surface area contributed by atoms with Crippen LogP contribution in [0.4, 0.5) is 0 Å². The standard InChI is InChI=1S/C21H29N5O2/c1-22-20(18-13-24-25(2)15-18)21(28)23-14-19(27)26-10-8-17(9-11-26)12-16-6-4-3-5-7-16/h3-7,13,15,17,20,22H,8-12,14H2,1-2H3,(H,23,28). The number of carbonyl (C=O) groups is 2. The number of benzene rings is 1. The molecule has 2 heterocycles. The van der Waals surface area contributed by atoms with Gasteiger partial charge in [-0.25, -0.2) is 0 Å². The van der Waals surface area contributed by atoms with Crippen LogP contribution < -0.4 is 10.6 Å². The topological polar surface area (TPSA) is 79.3 Å². The Balaban J connectivity index is 1.43. The molecule has 7 heteroatoms. The zero-order valence-corrected chi connectivity index (χ0v) is 16.6. The van der Waals surface area contributed by atoms with E-state index in [2.05, 4.69) is 40.0 Å². The number of nitrogens with zero attached hydrogens (tertiary/aromatic N) is 3. The molecule has 3 rings (SSSR count). The molecule has 2 amide bonds. The predicted octanol–water partition coefficient (Wildman–Crippen LogP) is 1.28. The van der Waals surface area contributed by atoms with Crippen molar-refractivity contribution in [1.82, 2.24) is 25.3 Å². The second kappa shape index (κ2) is 9.50. The average Bonchev–Trinajstić information content (AvgIpc) is 3.14. The Hall–Kier alpha value is -2.67. The molecular formula is C21H29N5O2. The fraction of sp³-hybridized carbons (Fsp3) is 0.476. The maximum absolute atomic E-state index is 12.5. The summed E-state index contributed by atoms with van der Waals surface area (Å²) in [7, 11) is 3.52. The number of piperidine rings is 1. The smallest absolute Gasteiger partial charge is 0.242 e. The van der Waals surface area contributed by atoms with Crippen molar-refractivity contribution in [2.75, 3.05) is 26.7 Å². The van der Waals surface area contributed by atoms with Crippen LogP contribution in [0.15, 0.2) is 42.7 Å². The second-order valence-corrected chi connectivity index (χ2v) is 7.40. The molecule has 1 aromatic carbocycles. The summed E-state index contributed by atoms with van der Waals surface area (Å²) in [6, 6.07) is 9.98. The fourth-order valence-electron chi connectivity index (χ4n) is 3.75. The van der Waals surface area contributed by atoms with Crippen LogP contribution in [0.1, 0.15) is 30.0 Å². The number of hydrogen-bond acceptors (Lipinski definition) is 4. The summed E-state index contributed by atoms with van der Waals surface area (Å²) in [5, 5.41) is 9.83. The van der Waals surface area contributed by atoms with E-state index in [4.69, 9.17) is 0 Å².